The van der Waals surface area contributed by atoms with E-state index in [1.807, 2.05) is 0 Å². The standard InChI is InChI=1S/C18H33N2O2/c1-14(2)16-5-4-15(3)12-17(16)22-18(21)13-20-9-6-19(7-10-20)8-11-20/h14-17H,4-13H2,1-3H3/q+1/t15?,16-,17+/m0/s1. The summed E-state index contributed by atoms with van der Waals surface area (Å²) < 4.78 is 6.99. The number of ether oxygens (including phenoxy) is 1. The Morgan fingerprint density at radius 3 is 2.41 bits per heavy atom. The number of esters is 1. The number of piperazine rings is 3. The van der Waals surface area contributed by atoms with Crippen LogP contribution in [0.3, 0.4) is 0 Å². The summed E-state index contributed by atoms with van der Waals surface area (Å²) in [6.45, 7) is 14.3. The van der Waals surface area contributed by atoms with Crippen LogP contribution in [0.1, 0.15) is 40.0 Å². The number of fused-ring (bicyclic) bond motifs is 3. The van der Waals surface area contributed by atoms with Gasteiger partial charge in [0, 0.05) is 19.6 Å². The van der Waals surface area contributed by atoms with Crippen molar-refractivity contribution in [2.45, 2.75) is 46.1 Å². The highest BCUT2D eigenvalue weighted by atomic mass is 16.5. The Balaban J connectivity index is 1.57. The van der Waals surface area contributed by atoms with Crippen molar-refractivity contribution in [2.24, 2.45) is 17.8 Å². The van der Waals surface area contributed by atoms with Crippen LogP contribution in [0.4, 0.5) is 0 Å². The molecule has 4 fully saturated rings. The number of nitrogens with zero attached hydrogens (tertiary/aromatic N) is 2. The maximum absolute atomic E-state index is 12.6. The number of carbonyl (C=O) groups excluding carboxylic acids is 1. The Morgan fingerprint density at radius 1 is 1.18 bits per heavy atom. The van der Waals surface area contributed by atoms with Gasteiger partial charge in [0.1, 0.15) is 6.10 Å². The molecule has 4 nitrogen and oxygen atoms in total. The van der Waals surface area contributed by atoms with Gasteiger partial charge in [0.25, 0.3) is 0 Å². The van der Waals surface area contributed by atoms with Crippen molar-refractivity contribution < 1.29 is 14.0 Å². The Kier molecular flexibility index (Phi) is 4.79. The van der Waals surface area contributed by atoms with Crippen molar-refractivity contribution in [3.8, 4) is 0 Å². The first-order chi connectivity index (χ1) is 10.5. The van der Waals surface area contributed by atoms with E-state index in [4.69, 9.17) is 4.74 Å². The zero-order valence-electron chi connectivity index (χ0n) is 14.6. The average molecular weight is 309 g/mol. The lowest BCUT2D eigenvalue weighted by Crippen LogP contribution is -2.68. The fraction of sp³-hybridized carbons (Fsp3) is 0.944. The molecule has 3 atom stereocenters. The Hall–Kier alpha value is -0.610. The van der Waals surface area contributed by atoms with Crippen LogP contribution in [0.25, 0.3) is 0 Å². The molecule has 3 saturated heterocycles. The summed E-state index contributed by atoms with van der Waals surface area (Å²) in [4.78, 5) is 15.1. The zero-order valence-corrected chi connectivity index (χ0v) is 14.6. The Bertz CT molecular complexity index is 388. The fourth-order valence-corrected chi connectivity index (χ4v) is 4.70. The molecule has 4 heteroatoms. The van der Waals surface area contributed by atoms with E-state index < -0.39 is 0 Å². The second kappa shape index (κ2) is 6.48. The fourth-order valence-electron chi connectivity index (χ4n) is 4.70. The molecule has 22 heavy (non-hydrogen) atoms. The van der Waals surface area contributed by atoms with Crippen molar-refractivity contribution >= 4 is 5.97 Å². The first kappa shape index (κ1) is 16.3. The lowest BCUT2D eigenvalue weighted by Gasteiger charge is -2.50. The van der Waals surface area contributed by atoms with E-state index in [2.05, 4.69) is 25.7 Å². The predicted octanol–water partition coefficient (Wildman–Crippen LogP) is 2.14. The van der Waals surface area contributed by atoms with Crippen molar-refractivity contribution in [1.29, 1.82) is 0 Å². The minimum absolute atomic E-state index is 0.0556. The largest absolute Gasteiger partial charge is 0.458 e. The van der Waals surface area contributed by atoms with Crippen LogP contribution in [0, 0.1) is 17.8 Å². The highest BCUT2D eigenvalue weighted by Gasteiger charge is 2.41. The van der Waals surface area contributed by atoms with Gasteiger partial charge in [-0.1, -0.05) is 27.2 Å². The van der Waals surface area contributed by atoms with Gasteiger partial charge in [-0.25, -0.2) is 4.79 Å². The minimum Gasteiger partial charge on any atom is -0.458 e. The summed E-state index contributed by atoms with van der Waals surface area (Å²) >= 11 is 0. The first-order valence-electron chi connectivity index (χ1n) is 9.24. The van der Waals surface area contributed by atoms with Crippen molar-refractivity contribution in [3.63, 3.8) is 0 Å². The minimum atomic E-state index is 0.0556. The molecule has 3 aliphatic heterocycles. The van der Waals surface area contributed by atoms with E-state index in [-0.39, 0.29) is 12.1 Å². The maximum atomic E-state index is 12.6. The zero-order chi connectivity index (χ0) is 15.7. The number of hydrogen-bond donors (Lipinski definition) is 0. The smallest absolute Gasteiger partial charge is 0.362 e. The highest BCUT2D eigenvalue weighted by Crippen LogP contribution is 2.35. The second-order valence-electron chi connectivity index (χ2n) is 8.37. The Morgan fingerprint density at radius 2 is 1.82 bits per heavy atom. The molecule has 0 radical (unpaired) electrons. The van der Waals surface area contributed by atoms with Gasteiger partial charge in [-0.2, -0.15) is 0 Å². The molecular formula is C18H33N2O2+. The third-order valence-electron chi connectivity index (χ3n) is 6.38. The normalized spacial score (nSPS) is 41.6. The second-order valence-corrected chi connectivity index (χ2v) is 8.37. The van der Waals surface area contributed by atoms with Gasteiger partial charge >= 0.3 is 5.97 Å². The number of carbonyl (C=O) groups is 1. The number of rotatable bonds is 4. The van der Waals surface area contributed by atoms with Crippen LogP contribution < -0.4 is 0 Å². The highest BCUT2D eigenvalue weighted by molar-refractivity contribution is 5.70. The monoisotopic (exact) mass is 309 g/mol. The van der Waals surface area contributed by atoms with Crippen LogP contribution in [0.15, 0.2) is 0 Å². The molecule has 1 aliphatic carbocycles. The molecule has 0 spiro atoms. The van der Waals surface area contributed by atoms with Crippen molar-refractivity contribution in [3.05, 3.63) is 0 Å². The molecule has 0 amide bonds. The van der Waals surface area contributed by atoms with Gasteiger partial charge in [0.05, 0.1) is 19.6 Å². The topological polar surface area (TPSA) is 29.5 Å². The summed E-state index contributed by atoms with van der Waals surface area (Å²) in [6, 6.07) is 0. The lowest BCUT2D eigenvalue weighted by atomic mass is 9.75. The predicted molar refractivity (Wildman–Crippen MR) is 87.4 cm³/mol. The van der Waals surface area contributed by atoms with Crippen molar-refractivity contribution in [2.75, 3.05) is 45.8 Å². The van der Waals surface area contributed by atoms with Crippen LogP contribution in [0.5, 0.6) is 0 Å². The molecule has 0 N–H and O–H groups in total. The third kappa shape index (κ3) is 3.48. The van der Waals surface area contributed by atoms with Crippen LogP contribution in [-0.2, 0) is 9.53 Å². The van der Waals surface area contributed by atoms with Gasteiger partial charge < -0.3 is 9.22 Å². The van der Waals surface area contributed by atoms with E-state index in [1.54, 1.807) is 0 Å². The SMILES string of the molecule is CC1CC[C@@H](C(C)C)[C@H](OC(=O)C[N+]23CCN(CC2)CC3)C1. The first-order valence-corrected chi connectivity index (χ1v) is 9.24. The maximum Gasteiger partial charge on any atom is 0.362 e. The molecule has 2 bridgehead atoms. The molecule has 126 valence electrons. The van der Waals surface area contributed by atoms with E-state index in [0.29, 0.717) is 24.3 Å². The quantitative estimate of drug-likeness (QED) is 0.588. The molecule has 0 aromatic rings. The summed E-state index contributed by atoms with van der Waals surface area (Å²) in [6.07, 6.45) is 3.71. The summed E-state index contributed by atoms with van der Waals surface area (Å²) in [5.41, 5.74) is 0. The summed E-state index contributed by atoms with van der Waals surface area (Å²) in [7, 11) is 0. The van der Waals surface area contributed by atoms with E-state index in [9.17, 15) is 4.79 Å². The van der Waals surface area contributed by atoms with Crippen molar-refractivity contribution in [1.82, 2.24) is 4.90 Å². The van der Waals surface area contributed by atoms with Crippen LogP contribution in [0.2, 0.25) is 0 Å². The molecule has 1 unspecified atom stereocenters. The molecular weight excluding hydrogens is 276 g/mol. The van der Waals surface area contributed by atoms with E-state index >= 15 is 0 Å². The average Bonchev–Trinajstić information content (AvgIpc) is 2.48. The van der Waals surface area contributed by atoms with E-state index in [0.717, 1.165) is 50.2 Å². The summed E-state index contributed by atoms with van der Waals surface area (Å²) in [5, 5.41) is 0. The van der Waals surface area contributed by atoms with Gasteiger partial charge in [-0.3, -0.25) is 4.90 Å². The molecule has 3 heterocycles. The van der Waals surface area contributed by atoms with E-state index in [1.165, 1.54) is 12.8 Å². The van der Waals surface area contributed by atoms with Crippen LogP contribution in [-0.4, -0.2) is 67.3 Å². The van der Waals surface area contributed by atoms with Gasteiger partial charge in [0.15, 0.2) is 6.54 Å². The van der Waals surface area contributed by atoms with Gasteiger partial charge in [0.2, 0.25) is 0 Å². The number of quaternary nitrogens is 1. The molecule has 4 rings (SSSR count). The molecule has 0 aromatic heterocycles. The molecule has 1 saturated carbocycles. The number of hydrogen-bond acceptors (Lipinski definition) is 3. The van der Waals surface area contributed by atoms with Gasteiger partial charge in [-0.05, 0) is 30.6 Å². The lowest BCUT2D eigenvalue weighted by molar-refractivity contribution is -0.934. The molecule has 0 aromatic carbocycles. The van der Waals surface area contributed by atoms with Gasteiger partial charge in [-0.15, -0.1) is 0 Å². The van der Waals surface area contributed by atoms with Crippen LogP contribution >= 0.6 is 0 Å². The third-order valence-corrected chi connectivity index (χ3v) is 6.38. The summed E-state index contributed by atoms with van der Waals surface area (Å²) in [5.74, 6) is 1.91. The molecule has 4 aliphatic rings. The Labute approximate surface area is 135 Å².